The van der Waals surface area contributed by atoms with Gasteiger partial charge in [0.2, 0.25) is 5.60 Å². The molecule has 1 aliphatic heterocycles. The lowest BCUT2D eigenvalue weighted by Crippen LogP contribution is -2.50. The SMILES string of the molecule is CCCOC(=O)[C@H](C)NCOC[C@@]1(C#N)O[C@@H](c2ccc3c(N)ncnn23)[C@H](OC(=O)C(C)C)[C@@H]1OC(=O)C(C)C. The number of nitrogens with zero attached hydrogens (tertiary/aromatic N) is 4. The van der Waals surface area contributed by atoms with Gasteiger partial charge in [-0.05, 0) is 25.5 Å². The Hall–Kier alpha value is -3.80. The topological polar surface area (TPSA) is 189 Å². The number of carbonyl (C=O) groups is 3. The molecule has 224 valence electrons. The summed E-state index contributed by atoms with van der Waals surface area (Å²) < 4.78 is 30.2. The number of nitriles is 1. The van der Waals surface area contributed by atoms with E-state index in [1.807, 2.05) is 6.92 Å². The third-order valence-electron chi connectivity index (χ3n) is 6.43. The van der Waals surface area contributed by atoms with Crippen LogP contribution in [0.2, 0.25) is 0 Å². The van der Waals surface area contributed by atoms with Gasteiger partial charge in [-0.2, -0.15) is 10.4 Å². The average Bonchev–Trinajstić information content (AvgIpc) is 3.50. The number of anilines is 1. The van der Waals surface area contributed by atoms with E-state index in [9.17, 15) is 19.6 Å². The Labute approximate surface area is 238 Å². The number of fused-ring (bicyclic) bond motifs is 1. The quantitative estimate of drug-likeness (QED) is 0.152. The summed E-state index contributed by atoms with van der Waals surface area (Å²) in [4.78, 5) is 41.7. The number of ether oxygens (including phenoxy) is 5. The van der Waals surface area contributed by atoms with Crippen molar-refractivity contribution in [3.8, 4) is 6.07 Å². The molecule has 5 atom stereocenters. The molecule has 0 radical (unpaired) electrons. The van der Waals surface area contributed by atoms with Crippen molar-refractivity contribution in [3.63, 3.8) is 0 Å². The van der Waals surface area contributed by atoms with Crippen molar-refractivity contribution in [2.45, 2.75) is 77.9 Å². The second-order valence-electron chi connectivity index (χ2n) is 10.4. The first-order valence-corrected chi connectivity index (χ1v) is 13.5. The van der Waals surface area contributed by atoms with Crippen LogP contribution in [0.4, 0.5) is 5.82 Å². The molecule has 3 heterocycles. The van der Waals surface area contributed by atoms with Crippen LogP contribution in [0.3, 0.4) is 0 Å². The van der Waals surface area contributed by atoms with Crippen molar-refractivity contribution in [1.82, 2.24) is 19.9 Å². The summed E-state index contributed by atoms with van der Waals surface area (Å²) in [6, 6.07) is 4.73. The Morgan fingerprint density at radius 3 is 2.46 bits per heavy atom. The van der Waals surface area contributed by atoms with Crippen LogP contribution in [0.5, 0.6) is 0 Å². The molecular weight excluding hydrogens is 536 g/mol. The van der Waals surface area contributed by atoms with E-state index in [-0.39, 0.29) is 12.5 Å². The number of aromatic nitrogens is 3. The molecule has 1 saturated heterocycles. The van der Waals surface area contributed by atoms with Crippen LogP contribution in [-0.4, -0.2) is 76.3 Å². The highest BCUT2D eigenvalue weighted by atomic mass is 16.7. The molecule has 0 unspecified atom stereocenters. The molecule has 14 heteroatoms. The van der Waals surface area contributed by atoms with Crippen molar-refractivity contribution in [2.24, 2.45) is 11.8 Å². The summed E-state index contributed by atoms with van der Waals surface area (Å²) in [7, 11) is 0. The molecule has 0 aromatic carbocycles. The van der Waals surface area contributed by atoms with Gasteiger partial charge in [0.25, 0.3) is 0 Å². The molecule has 0 amide bonds. The van der Waals surface area contributed by atoms with E-state index >= 15 is 0 Å². The number of rotatable bonds is 13. The van der Waals surface area contributed by atoms with Gasteiger partial charge in [-0.15, -0.1) is 0 Å². The standard InChI is InChI=1S/C27H38N6O8/c1-7-10-38-26(36)17(6)31-14-37-12-27(11-28)22(40-25(35)16(4)5)21(39-24(34)15(2)3)20(41-27)18-8-9-19-23(29)30-13-32-33(18)19/h8-9,13,15-17,20-22,31H,7,10,12,14H2,1-6H3,(H2,29,30,32)/t17-,20-,21-,22-,27+/m0/s1. The van der Waals surface area contributed by atoms with Crippen LogP contribution >= 0.6 is 0 Å². The van der Waals surface area contributed by atoms with E-state index in [1.54, 1.807) is 46.8 Å². The van der Waals surface area contributed by atoms with Crippen LogP contribution < -0.4 is 11.1 Å². The fourth-order valence-corrected chi connectivity index (χ4v) is 4.06. The van der Waals surface area contributed by atoms with Crippen LogP contribution in [0.1, 0.15) is 59.8 Å². The van der Waals surface area contributed by atoms with Gasteiger partial charge in [0.1, 0.15) is 30.1 Å². The Balaban J connectivity index is 1.96. The van der Waals surface area contributed by atoms with Crippen molar-refractivity contribution < 1.29 is 38.1 Å². The van der Waals surface area contributed by atoms with Crippen LogP contribution in [0.25, 0.3) is 5.52 Å². The van der Waals surface area contributed by atoms with E-state index < -0.39 is 66.3 Å². The fourth-order valence-electron chi connectivity index (χ4n) is 4.06. The molecule has 2 aromatic rings. The van der Waals surface area contributed by atoms with Gasteiger partial charge in [0, 0.05) is 0 Å². The fraction of sp³-hybridized carbons (Fsp3) is 0.630. The lowest BCUT2D eigenvalue weighted by atomic mass is 9.95. The van der Waals surface area contributed by atoms with Crippen LogP contribution in [0.15, 0.2) is 18.5 Å². The Kier molecular flexibility index (Phi) is 10.6. The monoisotopic (exact) mass is 574 g/mol. The predicted octanol–water partition coefficient (Wildman–Crippen LogP) is 1.69. The van der Waals surface area contributed by atoms with E-state index in [0.29, 0.717) is 24.2 Å². The highest BCUT2D eigenvalue weighted by Crippen LogP contribution is 2.44. The van der Waals surface area contributed by atoms with Gasteiger partial charge >= 0.3 is 17.9 Å². The van der Waals surface area contributed by atoms with E-state index in [2.05, 4.69) is 21.5 Å². The van der Waals surface area contributed by atoms with Crippen LogP contribution in [-0.2, 0) is 38.1 Å². The molecule has 1 aliphatic rings. The molecule has 3 rings (SSSR count). The molecule has 0 aliphatic carbocycles. The maximum atomic E-state index is 12.8. The number of hydrogen-bond donors (Lipinski definition) is 2. The number of esters is 3. The second kappa shape index (κ2) is 13.7. The maximum Gasteiger partial charge on any atom is 0.322 e. The molecule has 0 bridgehead atoms. The first-order chi connectivity index (χ1) is 19.5. The highest BCUT2D eigenvalue weighted by Gasteiger charge is 2.61. The minimum absolute atomic E-state index is 0.154. The number of nitrogens with two attached hydrogens (primary N) is 1. The van der Waals surface area contributed by atoms with Crippen LogP contribution in [0, 0.1) is 23.2 Å². The summed E-state index contributed by atoms with van der Waals surface area (Å²) in [5.74, 6) is -2.53. The summed E-state index contributed by atoms with van der Waals surface area (Å²) >= 11 is 0. The molecule has 0 saturated carbocycles. The summed E-state index contributed by atoms with van der Waals surface area (Å²) in [5, 5.41) is 17.5. The zero-order valence-electron chi connectivity index (χ0n) is 24.2. The summed E-state index contributed by atoms with van der Waals surface area (Å²) in [6.07, 6.45) is -1.76. The van der Waals surface area contributed by atoms with Gasteiger partial charge < -0.3 is 29.4 Å². The van der Waals surface area contributed by atoms with Gasteiger partial charge in [0.05, 0.1) is 37.5 Å². The maximum absolute atomic E-state index is 12.8. The zero-order chi connectivity index (χ0) is 30.3. The number of nitrogens with one attached hydrogen (secondary N) is 1. The molecule has 41 heavy (non-hydrogen) atoms. The first-order valence-electron chi connectivity index (χ1n) is 13.5. The zero-order valence-corrected chi connectivity index (χ0v) is 24.2. The Morgan fingerprint density at radius 2 is 1.83 bits per heavy atom. The second-order valence-corrected chi connectivity index (χ2v) is 10.4. The van der Waals surface area contributed by atoms with Gasteiger partial charge in [0.15, 0.2) is 18.0 Å². The lowest BCUT2D eigenvalue weighted by Gasteiger charge is -2.29. The molecule has 14 nitrogen and oxygen atoms in total. The normalized spacial score (nSPS) is 23.0. The van der Waals surface area contributed by atoms with Crippen molar-refractivity contribution in [3.05, 3.63) is 24.2 Å². The van der Waals surface area contributed by atoms with E-state index in [1.165, 1.54) is 10.8 Å². The summed E-state index contributed by atoms with van der Waals surface area (Å²) in [5.41, 5.74) is 4.97. The third kappa shape index (κ3) is 7.10. The largest absolute Gasteiger partial charge is 0.465 e. The van der Waals surface area contributed by atoms with Gasteiger partial charge in [-0.25, -0.2) is 9.50 Å². The smallest absolute Gasteiger partial charge is 0.322 e. The Morgan fingerprint density at radius 1 is 1.15 bits per heavy atom. The molecule has 2 aromatic heterocycles. The number of nitrogen functional groups attached to an aromatic ring is 1. The minimum Gasteiger partial charge on any atom is -0.465 e. The van der Waals surface area contributed by atoms with Crippen molar-refractivity contribution in [2.75, 3.05) is 25.7 Å². The summed E-state index contributed by atoms with van der Waals surface area (Å²) in [6.45, 7) is 9.83. The van der Waals surface area contributed by atoms with Crippen molar-refractivity contribution in [1.29, 1.82) is 5.26 Å². The lowest BCUT2D eigenvalue weighted by molar-refractivity contribution is -0.174. The molecule has 0 spiro atoms. The molecular formula is C27H38N6O8. The predicted molar refractivity (Wildman–Crippen MR) is 144 cm³/mol. The number of hydrogen-bond acceptors (Lipinski definition) is 13. The number of carbonyl (C=O) groups excluding carboxylic acids is 3. The minimum atomic E-state index is -1.90. The van der Waals surface area contributed by atoms with E-state index in [0.717, 1.165) is 0 Å². The molecule has 1 fully saturated rings. The third-order valence-corrected chi connectivity index (χ3v) is 6.43. The van der Waals surface area contributed by atoms with Gasteiger partial charge in [-0.1, -0.05) is 34.6 Å². The Bertz CT molecular complexity index is 1270. The van der Waals surface area contributed by atoms with Crippen molar-refractivity contribution >= 4 is 29.2 Å². The van der Waals surface area contributed by atoms with Gasteiger partial charge in [-0.3, -0.25) is 19.7 Å². The molecule has 3 N–H and O–H groups in total. The first kappa shape index (κ1) is 31.7. The average molecular weight is 575 g/mol. The highest BCUT2D eigenvalue weighted by molar-refractivity contribution is 5.75. The van der Waals surface area contributed by atoms with E-state index in [4.69, 9.17) is 29.4 Å².